The summed E-state index contributed by atoms with van der Waals surface area (Å²) < 4.78 is 10.5. The van der Waals surface area contributed by atoms with Crippen LogP contribution < -0.4 is 4.74 Å². The number of nitro groups is 1. The van der Waals surface area contributed by atoms with Crippen molar-refractivity contribution in [2.75, 3.05) is 7.11 Å². The van der Waals surface area contributed by atoms with Gasteiger partial charge in [0.25, 0.3) is 11.6 Å². The minimum absolute atomic E-state index is 0.0518. The van der Waals surface area contributed by atoms with E-state index in [9.17, 15) is 10.1 Å². The summed E-state index contributed by atoms with van der Waals surface area (Å²) >= 11 is 6.28. The molecule has 0 spiro atoms. The molecule has 0 bridgehead atoms. The predicted molar refractivity (Wildman–Crippen MR) is 102 cm³/mol. The second-order valence-corrected chi connectivity index (χ2v) is 6.02. The Labute approximate surface area is 160 Å². The fraction of sp³-hybridized carbons (Fsp3) is 0.158. The first kappa shape index (κ1) is 18.6. The summed E-state index contributed by atoms with van der Waals surface area (Å²) in [6.07, 6.45) is 2.12. The topological polar surface area (TPSA) is 91.3 Å². The van der Waals surface area contributed by atoms with Gasteiger partial charge in [-0.15, -0.1) is 0 Å². The van der Waals surface area contributed by atoms with Gasteiger partial charge in [0, 0.05) is 11.6 Å². The van der Waals surface area contributed by atoms with Crippen molar-refractivity contribution in [1.29, 1.82) is 0 Å². The molecule has 1 aromatic heterocycles. The lowest BCUT2D eigenvalue weighted by Crippen LogP contribution is -1.94. The molecule has 3 aromatic rings. The largest absolute Gasteiger partial charge is 0.496 e. The SMILES string of the molecule is CCc1ccc(/C=C(\Cl)c2nc(-c3ccccc3OC)no2)cc1[N+](=O)[O-]. The van der Waals surface area contributed by atoms with E-state index in [0.717, 1.165) is 0 Å². The monoisotopic (exact) mass is 385 g/mol. The quantitative estimate of drug-likeness (QED) is 0.440. The predicted octanol–water partition coefficient (Wildman–Crippen LogP) is 4.95. The van der Waals surface area contributed by atoms with Gasteiger partial charge in [0.15, 0.2) is 0 Å². The zero-order valence-corrected chi connectivity index (χ0v) is 15.4. The highest BCUT2D eigenvalue weighted by molar-refractivity contribution is 6.50. The molecule has 0 aliphatic rings. The number of benzene rings is 2. The maximum atomic E-state index is 11.2. The second kappa shape index (κ2) is 8.01. The minimum Gasteiger partial charge on any atom is -0.496 e. The summed E-state index contributed by atoms with van der Waals surface area (Å²) in [6, 6.07) is 12.2. The van der Waals surface area contributed by atoms with Crippen LogP contribution in [0.5, 0.6) is 5.75 Å². The molecule has 27 heavy (non-hydrogen) atoms. The Balaban J connectivity index is 1.93. The van der Waals surface area contributed by atoms with Gasteiger partial charge in [0.2, 0.25) is 5.82 Å². The van der Waals surface area contributed by atoms with Crippen LogP contribution in [0.15, 0.2) is 47.0 Å². The zero-order valence-electron chi connectivity index (χ0n) is 14.7. The van der Waals surface area contributed by atoms with Crippen LogP contribution in [0.2, 0.25) is 0 Å². The molecule has 0 amide bonds. The van der Waals surface area contributed by atoms with Gasteiger partial charge in [-0.05, 0) is 30.2 Å². The maximum Gasteiger partial charge on any atom is 0.273 e. The lowest BCUT2D eigenvalue weighted by Gasteiger charge is -2.03. The smallest absolute Gasteiger partial charge is 0.273 e. The van der Waals surface area contributed by atoms with Crippen LogP contribution in [0, 0.1) is 10.1 Å². The van der Waals surface area contributed by atoms with Crippen LogP contribution >= 0.6 is 11.6 Å². The highest BCUT2D eigenvalue weighted by Gasteiger charge is 2.16. The van der Waals surface area contributed by atoms with Crippen molar-refractivity contribution in [2.45, 2.75) is 13.3 Å². The second-order valence-electron chi connectivity index (χ2n) is 5.61. The molecule has 1 heterocycles. The number of aryl methyl sites for hydroxylation is 1. The Morgan fingerprint density at radius 1 is 1.33 bits per heavy atom. The lowest BCUT2D eigenvalue weighted by molar-refractivity contribution is -0.385. The summed E-state index contributed by atoms with van der Waals surface area (Å²) in [4.78, 5) is 15.1. The fourth-order valence-electron chi connectivity index (χ4n) is 2.61. The van der Waals surface area contributed by atoms with E-state index in [-0.39, 0.29) is 16.6 Å². The maximum absolute atomic E-state index is 11.2. The van der Waals surface area contributed by atoms with Gasteiger partial charge in [0.05, 0.1) is 17.6 Å². The van der Waals surface area contributed by atoms with Crippen LogP contribution in [0.25, 0.3) is 22.5 Å². The molecule has 8 heteroatoms. The zero-order chi connectivity index (χ0) is 19.4. The third kappa shape index (κ3) is 3.98. The Hall–Kier alpha value is -3.19. The molecule has 138 valence electrons. The summed E-state index contributed by atoms with van der Waals surface area (Å²) in [5.74, 6) is 1.05. The van der Waals surface area contributed by atoms with Gasteiger partial charge in [-0.2, -0.15) is 4.98 Å². The molecule has 0 aliphatic heterocycles. The average Bonchev–Trinajstić information content (AvgIpc) is 3.18. The van der Waals surface area contributed by atoms with Crippen molar-refractivity contribution in [2.24, 2.45) is 0 Å². The number of hydrogen-bond acceptors (Lipinski definition) is 6. The standard InChI is InChI=1S/C19H16ClN3O4/c1-3-13-9-8-12(11-16(13)23(24)25)10-15(20)19-21-18(22-27-19)14-6-4-5-7-17(14)26-2/h4-11H,3H2,1-2H3/b15-10-. The molecule has 0 atom stereocenters. The molecule has 7 nitrogen and oxygen atoms in total. The first-order valence-electron chi connectivity index (χ1n) is 8.15. The average molecular weight is 386 g/mol. The number of rotatable bonds is 6. The fourth-order valence-corrected chi connectivity index (χ4v) is 2.81. The highest BCUT2D eigenvalue weighted by atomic mass is 35.5. The van der Waals surface area contributed by atoms with Gasteiger partial charge in [-0.3, -0.25) is 10.1 Å². The van der Waals surface area contributed by atoms with E-state index in [1.165, 1.54) is 6.07 Å². The summed E-state index contributed by atoms with van der Waals surface area (Å²) in [5.41, 5.74) is 1.95. The van der Waals surface area contributed by atoms with Crippen LogP contribution in [-0.4, -0.2) is 22.2 Å². The van der Waals surface area contributed by atoms with Crippen LogP contribution in [0.1, 0.15) is 23.9 Å². The van der Waals surface area contributed by atoms with E-state index >= 15 is 0 Å². The van der Waals surface area contributed by atoms with Gasteiger partial charge in [-0.1, -0.05) is 47.9 Å². The van der Waals surface area contributed by atoms with Crippen LogP contribution in [0.3, 0.4) is 0 Å². The molecule has 0 unspecified atom stereocenters. The van der Waals surface area contributed by atoms with Crippen LogP contribution in [-0.2, 0) is 6.42 Å². The summed E-state index contributed by atoms with van der Waals surface area (Å²) in [5, 5.41) is 15.3. The molecule has 0 fully saturated rings. The number of nitrogens with zero attached hydrogens (tertiary/aromatic N) is 3. The molecular formula is C19H16ClN3O4. The Morgan fingerprint density at radius 2 is 2.11 bits per heavy atom. The number of methoxy groups -OCH3 is 1. The Bertz CT molecular complexity index is 1010. The summed E-state index contributed by atoms with van der Waals surface area (Å²) in [7, 11) is 1.56. The number of nitro benzene ring substituents is 1. The van der Waals surface area contributed by atoms with E-state index in [4.69, 9.17) is 20.9 Å². The Morgan fingerprint density at radius 3 is 2.81 bits per heavy atom. The normalized spacial score (nSPS) is 11.4. The van der Waals surface area contributed by atoms with Gasteiger partial charge < -0.3 is 9.26 Å². The minimum atomic E-state index is -0.406. The molecule has 0 saturated heterocycles. The lowest BCUT2D eigenvalue weighted by atomic mass is 10.1. The van der Waals surface area contributed by atoms with Crippen molar-refractivity contribution >= 4 is 28.4 Å². The van der Waals surface area contributed by atoms with E-state index in [1.807, 2.05) is 19.1 Å². The number of aromatic nitrogens is 2. The summed E-state index contributed by atoms with van der Waals surface area (Å²) in [6.45, 7) is 1.86. The van der Waals surface area contributed by atoms with E-state index in [2.05, 4.69) is 10.1 Å². The van der Waals surface area contributed by atoms with Crippen molar-refractivity contribution in [3.8, 4) is 17.1 Å². The van der Waals surface area contributed by atoms with Crippen molar-refractivity contribution in [3.05, 3.63) is 69.6 Å². The first-order chi connectivity index (χ1) is 13.0. The van der Waals surface area contributed by atoms with Crippen molar-refractivity contribution in [1.82, 2.24) is 10.1 Å². The van der Waals surface area contributed by atoms with Crippen molar-refractivity contribution < 1.29 is 14.2 Å². The van der Waals surface area contributed by atoms with E-state index in [0.29, 0.717) is 34.7 Å². The number of halogens is 1. The van der Waals surface area contributed by atoms with Crippen molar-refractivity contribution in [3.63, 3.8) is 0 Å². The number of hydrogen-bond donors (Lipinski definition) is 0. The molecular weight excluding hydrogens is 370 g/mol. The molecule has 2 aromatic carbocycles. The van der Waals surface area contributed by atoms with E-state index < -0.39 is 4.92 Å². The number of para-hydroxylation sites is 1. The third-order valence-electron chi connectivity index (χ3n) is 3.96. The molecule has 0 radical (unpaired) electrons. The molecule has 0 saturated carbocycles. The molecule has 3 rings (SSSR count). The van der Waals surface area contributed by atoms with Gasteiger partial charge in [-0.25, -0.2) is 0 Å². The number of ether oxygens (including phenoxy) is 1. The van der Waals surface area contributed by atoms with Gasteiger partial charge >= 0.3 is 0 Å². The molecule has 0 aliphatic carbocycles. The molecule has 0 N–H and O–H groups in total. The third-order valence-corrected chi connectivity index (χ3v) is 4.23. The Kier molecular flexibility index (Phi) is 5.52. The highest BCUT2D eigenvalue weighted by Crippen LogP contribution is 2.30. The first-order valence-corrected chi connectivity index (χ1v) is 8.53. The van der Waals surface area contributed by atoms with E-state index in [1.54, 1.807) is 37.5 Å². The van der Waals surface area contributed by atoms with Gasteiger partial charge in [0.1, 0.15) is 10.8 Å². The van der Waals surface area contributed by atoms with Crippen LogP contribution in [0.4, 0.5) is 5.69 Å².